The molecule has 1 aromatic carbocycles. The maximum atomic E-state index is 12.2. The third-order valence-corrected chi connectivity index (χ3v) is 5.05. The Balaban J connectivity index is 1.52. The first-order valence-corrected chi connectivity index (χ1v) is 10.0. The Kier molecular flexibility index (Phi) is 5.53. The number of nitrogens with two attached hydrogens (primary N) is 1. The van der Waals surface area contributed by atoms with E-state index in [1.807, 2.05) is 22.9 Å². The maximum absolute atomic E-state index is 12.2. The van der Waals surface area contributed by atoms with Gasteiger partial charge in [-0.25, -0.2) is 4.98 Å². The summed E-state index contributed by atoms with van der Waals surface area (Å²) in [5.74, 6) is 0.203. The molecular formula is C21H18N6O2S. The number of pyridine rings is 1. The summed E-state index contributed by atoms with van der Waals surface area (Å²) in [6.07, 6.45) is 1.95. The Morgan fingerprint density at radius 2 is 1.93 bits per heavy atom. The molecule has 2 amide bonds. The summed E-state index contributed by atoms with van der Waals surface area (Å²) in [5.41, 5.74) is 8.56. The minimum absolute atomic E-state index is 0.0967. The Morgan fingerprint density at radius 1 is 1.10 bits per heavy atom. The molecular weight excluding hydrogens is 400 g/mol. The molecule has 8 nitrogen and oxygen atoms in total. The van der Waals surface area contributed by atoms with Crippen molar-refractivity contribution in [3.63, 3.8) is 0 Å². The van der Waals surface area contributed by atoms with Crippen LogP contribution < -0.4 is 16.4 Å². The average molecular weight is 418 g/mol. The second kappa shape index (κ2) is 8.58. The average Bonchev–Trinajstić information content (AvgIpc) is 3.39. The Morgan fingerprint density at radius 3 is 2.60 bits per heavy atom. The number of H-pyrrole nitrogens is 1. The van der Waals surface area contributed by atoms with Crippen molar-refractivity contribution in [2.75, 3.05) is 10.6 Å². The van der Waals surface area contributed by atoms with Gasteiger partial charge in [0, 0.05) is 17.4 Å². The first kappa shape index (κ1) is 19.3. The van der Waals surface area contributed by atoms with Crippen LogP contribution in [-0.2, 0) is 11.2 Å². The van der Waals surface area contributed by atoms with Crippen molar-refractivity contribution in [1.82, 2.24) is 15.2 Å². The predicted octanol–water partition coefficient (Wildman–Crippen LogP) is 3.56. The van der Waals surface area contributed by atoms with Gasteiger partial charge in [0.2, 0.25) is 5.91 Å². The number of hydrogen-bond donors (Lipinski definition) is 4. The topological polar surface area (TPSA) is 126 Å². The molecule has 0 aliphatic heterocycles. The quantitative estimate of drug-likeness (QED) is 0.365. The molecule has 30 heavy (non-hydrogen) atoms. The van der Waals surface area contributed by atoms with E-state index in [4.69, 9.17) is 5.73 Å². The number of carbonyl (C=O) groups excluding carboxylic acids is 2. The highest BCUT2D eigenvalue weighted by Gasteiger charge is 2.20. The number of nitrogens with zero attached hydrogens (tertiary/aromatic N) is 2. The summed E-state index contributed by atoms with van der Waals surface area (Å²) in [6, 6.07) is 14.4. The Bertz CT molecular complexity index is 1150. The molecule has 0 saturated heterocycles. The number of thiophene rings is 1. The lowest BCUT2D eigenvalue weighted by Gasteiger charge is -2.07. The van der Waals surface area contributed by atoms with E-state index in [-0.39, 0.29) is 11.5 Å². The second-order valence-electron chi connectivity index (χ2n) is 6.46. The minimum Gasteiger partial charge on any atom is -0.365 e. The van der Waals surface area contributed by atoms with Gasteiger partial charge < -0.3 is 16.4 Å². The molecule has 150 valence electrons. The van der Waals surface area contributed by atoms with E-state index in [1.165, 1.54) is 0 Å². The van der Waals surface area contributed by atoms with Crippen molar-refractivity contribution in [3.8, 4) is 11.3 Å². The number of hydrogen-bond acceptors (Lipinski definition) is 6. The van der Waals surface area contributed by atoms with Crippen LogP contribution >= 0.6 is 11.3 Å². The number of primary amides is 1. The third-order valence-electron chi connectivity index (χ3n) is 4.32. The number of benzene rings is 1. The van der Waals surface area contributed by atoms with Gasteiger partial charge in [-0.15, -0.1) is 0 Å². The fourth-order valence-corrected chi connectivity index (χ4v) is 3.61. The molecule has 4 aromatic rings. The summed E-state index contributed by atoms with van der Waals surface area (Å²) in [6.45, 7) is 0. The minimum atomic E-state index is -0.620. The molecule has 9 heteroatoms. The number of rotatable bonds is 7. The van der Waals surface area contributed by atoms with E-state index >= 15 is 0 Å². The van der Waals surface area contributed by atoms with Gasteiger partial charge in [0.15, 0.2) is 0 Å². The molecule has 0 radical (unpaired) electrons. The highest BCUT2D eigenvalue weighted by molar-refractivity contribution is 7.08. The predicted molar refractivity (Wildman–Crippen MR) is 117 cm³/mol. The van der Waals surface area contributed by atoms with Gasteiger partial charge >= 0.3 is 0 Å². The lowest BCUT2D eigenvalue weighted by molar-refractivity contribution is -0.115. The molecule has 3 aromatic heterocycles. The van der Waals surface area contributed by atoms with E-state index in [2.05, 4.69) is 25.8 Å². The lowest BCUT2D eigenvalue weighted by atomic mass is 10.1. The van der Waals surface area contributed by atoms with E-state index < -0.39 is 5.91 Å². The largest absolute Gasteiger partial charge is 0.365 e. The van der Waals surface area contributed by atoms with E-state index in [9.17, 15) is 9.59 Å². The first-order chi connectivity index (χ1) is 14.6. The van der Waals surface area contributed by atoms with E-state index in [1.54, 1.807) is 53.9 Å². The van der Waals surface area contributed by atoms with E-state index in [0.717, 1.165) is 5.56 Å². The molecule has 0 unspecified atom stereocenters. The van der Waals surface area contributed by atoms with Gasteiger partial charge in [0.05, 0.1) is 6.42 Å². The monoisotopic (exact) mass is 418 g/mol. The van der Waals surface area contributed by atoms with Crippen LogP contribution in [0.3, 0.4) is 0 Å². The fourth-order valence-electron chi connectivity index (χ4n) is 2.94. The van der Waals surface area contributed by atoms with Gasteiger partial charge in [-0.3, -0.25) is 14.7 Å². The zero-order valence-corrected chi connectivity index (χ0v) is 16.6. The zero-order valence-electron chi connectivity index (χ0n) is 15.8. The van der Waals surface area contributed by atoms with Crippen LogP contribution in [0.2, 0.25) is 0 Å². The third kappa shape index (κ3) is 4.36. The van der Waals surface area contributed by atoms with Crippen molar-refractivity contribution in [2.45, 2.75) is 6.42 Å². The number of anilines is 3. The van der Waals surface area contributed by atoms with Crippen LogP contribution in [-0.4, -0.2) is 27.0 Å². The van der Waals surface area contributed by atoms with Crippen LogP contribution in [0, 0.1) is 0 Å². The van der Waals surface area contributed by atoms with Crippen molar-refractivity contribution in [3.05, 3.63) is 76.6 Å². The number of aromatic amines is 1. The van der Waals surface area contributed by atoms with Crippen LogP contribution in [0.5, 0.6) is 0 Å². The lowest BCUT2D eigenvalue weighted by Crippen LogP contribution is -2.14. The van der Waals surface area contributed by atoms with Gasteiger partial charge in [-0.2, -0.15) is 16.4 Å². The number of nitrogens with one attached hydrogen (secondary N) is 3. The highest BCUT2D eigenvalue weighted by atomic mass is 32.1. The maximum Gasteiger partial charge on any atom is 0.254 e. The molecule has 0 bridgehead atoms. The smallest absolute Gasteiger partial charge is 0.254 e. The van der Waals surface area contributed by atoms with Crippen molar-refractivity contribution in [2.24, 2.45) is 5.73 Å². The molecule has 0 spiro atoms. The van der Waals surface area contributed by atoms with Gasteiger partial charge in [-0.1, -0.05) is 18.2 Å². The normalized spacial score (nSPS) is 10.5. The molecule has 4 rings (SSSR count). The molecule has 0 atom stereocenters. The second-order valence-corrected chi connectivity index (χ2v) is 7.24. The van der Waals surface area contributed by atoms with Crippen molar-refractivity contribution >= 4 is 40.5 Å². The van der Waals surface area contributed by atoms with Crippen LogP contribution in [0.15, 0.2) is 65.5 Å². The van der Waals surface area contributed by atoms with Crippen LogP contribution in [0.25, 0.3) is 11.3 Å². The van der Waals surface area contributed by atoms with Crippen molar-refractivity contribution in [1.29, 1.82) is 0 Å². The fraction of sp³-hybridized carbons (Fsp3) is 0.0476. The van der Waals surface area contributed by atoms with Crippen LogP contribution in [0.4, 0.5) is 17.3 Å². The Labute approximate surface area is 176 Å². The molecule has 0 aliphatic rings. The summed E-state index contributed by atoms with van der Waals surface area (Å²) in [7, 11) is 0. The molecule has 0 aliphatic carbocycles. The Hall–Kier alpha value is -3.98. The summed E-state index contributed by atoms with van der Waals surface area (Å²) >= 11 is 1.56. The first-order valence-electron chi connectivity index (χ1n) is 9.08. The molecule has 0 fully saturated rings. The summed E-state index contributed by atoms with van der Waals surface area (Å²) in [5, 5.41) is 16.8. The number of aromatic nitrogens is 3. The highest BCUT2D eigenvalue weighted by Crippen LogP contribution is 2.29. The van der Waals surface area contributed by atoms with Gasteiger partial charge in [-0.05, 0) is 46.7 Å². The SMILES string of the molecule is NC(=O)c1c(-c2ccc(NC(=O)Cc3ccsc3)cc2)n[nH]c1Nc1ccccn1. The molecule has 0 saturated carbocycles. The van der Waals surface area contributed by atoms with Crippen molar-refractivity contribution < 1.29 is 9.59 Å². The zero-order chi connectivity index (χ0) is 20.9. The van der Waals surface area contributed by atoms with E-state index in [0.29, 0.717) is 35.0 Å². The summed E-state index contributed by atoms with van der Waals surface area (Å²) < 4.78 is 0. The summed E-state index contributed by atoms with van der Waals surface area (Å²) in [4.78, 5) is 28.4. The van der Waals surface area contributed by atoms with Crippen LogP contribution in [0.1, 0.15) is 15.9 Å². The number of carbonyl (C=O) groups is 2. The standard InChI is InChI=1S/C21H18N6O2S/c22-20(29)18-19(26-27-21(18)25-16-3-1-2-9-23-16)14-4-6-15(7-5-14)24-17(28)11-13-8-10-30-12-13/h1-10,12H,11H2,(H2,22,29)(H,24,28)(H2,23,25,26,27). The van der Waals surface area contributed by atoms with Gasteiger partial charge in [0.25, 0.3) is 5.91 Å². The molecule has 5 N–H and O–H groups in total. The molecule has 3 heterocycles. The number of amides is 2. The van der Waals surface area contributed by atoms with Gasteiger partial charge in [0.1, 0.15) is 22.9 Å².